The maximum atomic E-state index is 14.2. The molecular weight excluding hydrogens is 600 g/mol. The molecule has 5 rings (SSSR count). The summed E-state index contributed by atoms with van der Waals surface area (Å²) < 4.78 is 19.7. The van der Waals surface area contributed by atoms with Crippen LogP contribution in [0.15, 0.2) is 87.8 Å². The van der Waals surface area contributed by atoms with E-state index in [2.05, 4.69) is 6.07 Å². The van der Waals surface area contributed by atoms with E-state index >= 15 is 0 Å². The maximum absolute atomic E-state index is 14.2. The summed E-state index contributed by atoms with van der Waals surface area (Å²) in [6.45, 7) is 9.25. The molecule has 1 aliphatic rings. The fourth-order valence-electron chi connectivity index (χ4n) is 5.53. The number of likely N-dealkylation sites (N-methyl/N-ethyl adjacent to an activating group) is 1. The van der Waals surface area contributed by atoms with E-state index in [1.165, 1.54) is 11.3 Å². The van der Waals surface area contributed by atoms with E-state index in [4.69, 9.17) is 19.2 Å². The van der Waals surface area contributed by atoms with Crippen LogP contribution in [0.25, 0.3) is 6.08 Å². The number of methoxy groups -OCH3 is 1. The molecule has 3 aromatic carbocycles. The average molecular weight is 637 g/mol. The molecule has 1 amide bonds. The highest BCUT2D eigenvalue weighted by Gasteiger charge is 2.35. The summed E-state index contributed by atoms with van der Waals surface area (Å²) in [7, 11) is 1.58. The Morgan fingerprint density at radius 3 is 2.48 bits per heavy atom. The lowest BCUT2D eigenvalue weighted by Crippen LogP contribution is -2.43. The van der Waals surface area contributed by atoms with Gasteiger partial charge in [-0.25, -0.2) is 4.99 Å². The van der Waals surface area contributed by atoms with Gasteiger partial charge in [-0.3, -0.25) is 14.2 Å². The monoisotopic (exact) mass is 636 g/mol. The van der Waals surface area contributed by atoms with Crippen molar-refractivity contribution in [1.82, 2.24) is 9.47 Å². The third-order valence-corrected chi connectivity index (χ3v) is 8.81. The molecule has 236 valence electrons. The van der Waals surface area contributed by atoms with E-state index in [0.29, 0.717) is 68.7 Å². The minimum absolute atomic E-state index is 0.161. The molecule has 10 heteroatoms. The maximum Gasteiger partial charge on any atom is 0.271 e. The lowest BCUT2D eigenvalue weighted by atomic mass is 9.94. The van der Waals surface area contributed by atoms with Crippen molar-refractivity contribution in [2.24, 2.45) is 4.99 Å². The zero-order valence-electron chi connectivity index (χ0n) is 26.6. The summed E-state index contributed by atoms with van der Waals surface area (Å²) in [5.74, 6) is 1.47. The second kappa shape index (κ2) is 14.3. The molecule has 4 aromatic rings. The zero-order chi connectivity index (χ0) is 32.8. The Balaban J connectivity index is 1.59. The third-order valence-electron chi connectivity index (χ3n) is 7.82. The van der Waals surface area contributed by atoms with Crippen LogP contribution in [0.1, 0.15) is 56.0 Å². The zero-order valence-corrected chi connectivity index (χ0v) is 27.4. The van der Waals surface area contributed by atoms with Crippen molar-refractivity contribution >= 4 is 23.3 Å². The molecule has 0 saturated heterocycles. The molecule has 0 unspecified atom stereocenters. The first-order valence-corrected chi connectivity index (χ1v) is 16.0. The van der Waals surface area contributed by atoms with Crippen LogP contribution in [0.2, 0.25) is 0 Å². The number of para-hydroxylation sites is 1. The molecule has 1 aromatic heterocycles. The van der Waals surface area contributed by atoms with Gasteiger partial charge in [0.1, 0.15) is 18.4 Å². The summed E-state index contributed by atoms with van der Waals surface area (Å²) in [5.41, 5.74) is 3.53. The first kappa shape index (κ1) is 32.3. The SMILES string of the molecule is CCOc1cc(/C=c2/sc3n(c2=O)[C@@H](c2ccccc2OC)C(C(=O)N(CC)CC)=C(C)N=3)ccc1OCc1ccccc1C#N. The van der Waals surface area contributed by atoms with Gasteiger partial charge in [-0.05, 0) is 63.6 Å². The number of nitriles is 1. The van der Waals surface area contributed by atoms with Gasteiger partial charge in [-0.2, -0.15) is 5.26 Å². The van der Waals surface area contributed by atoms with Gasteiger partial charge in [0, 0.05) is 24.2 Å². The van der Waals surface area contributed by atoms with Crippen LogP contribution in [0, 0.1) is 11.3 Å². The van der Waals surface area contributed by atoms with E-state index in [1.807, 2.05) is 82.3 Å². The second-order valence-corrected chi connectivity index (χ2v) is 11.5. The molecule has 46 heavy (non-hydrogen) atoms. The normalized spacial score (nSPS) is 14.3. The highest BCUT2D eigenvalue weighted by molar-refractivity contribution is 7.07. The first-order chi connectivity index (χ1) is 22.3. The Kier molecular flexibility index (Phi) is 10.0. The lowest BCUT2D eigenvalue weighted by molar-refractivity contribution is -0.127. The van der Waals surface area contributed by atoms with Crippen molar-refractivity contribution in [2.45, 2.75) is 40.3 Å². The van der Waals surface area contributed by atoms with E-state index in [1.54, 1.807) is 34.8 Å². The fourth-order valence-corrected chi connectivity index (χ4v) is 6.57. The Labute approximate surface area is 271 Å². The largest absolute Gasteiger partial charge is 0.496 e. The number of hydrogen-bond donors (Lipinski definition) is 0. The standard InChI is InChI=1S/C36H36N4O5S/c1-6-39(7-2)35(42)32-23(4)38-36-40(33(32)27-15-11-12-16-28(27)43-5)34(41)31(46-36)20-24-17-18-29(30(19-24)44-8-3)45-22-26-14-10-9-13-25(26)21-37/h9-20,33H,6-8,22H2,1-5H3/b31-20+/t33-/m0/s1. The molecular formula is C36H36N4O5S. The van der Waals surface area contributed by atoms with Crippen LogP contribution >= 0.6 is 11.3 Å². The topological polar surface area (TPSA) is 106 Å². The quantitative estimate of drug-likeness (QED) is 0.231. The van der Waals surface area contributed by atoms with Gasteiger partial charge >= 0.3 is 0 Å². The molecule has 0 saturated carbocycles. The predicted octanol–water partition coefficient (Wildman–Crippen LogP) is 4.96. The minimum Gasteiger partial charge on any atom is -0.496 e. The number of nitrogens with zero attached hydrogens (tertiary/aromatic N) is 4. The van der Waals surface area contributed by atoms with E-state index < -0.39 is 6.04 Å². The molecule has 0 aliphatic carbocycles. The first-order valence-electron chi connectivity index (χ1n) is 15.2. The number of rotatable bonds is 11. The molecule has 0 N–H and O–H groups in total. The fraction of sp³-hybridized carbons (Fsp3) is 0.278. The molecule has 0 spiro atoms. The Morgan fingerprint density at radius 2 is 1.76 bits per heavy atom. The lowest BCUT2D eigenvalue weighted by Gasteiger charge is -2.29. The summed E-state index contributed by atoms with van der Waals surface area (Å²) in [6.07, 6.45) is 1.80. The van der Waals surface area contributed by atoms with Crippen LogP contribution in [0.4, 0.5) is 0 Å². The Hall–Kier alpha value is -5.14. The molecule has 9 nitrogen and oxygen atoms in total. The van der Waals surface area contributed by atoms with Crippen LogP contribution < -0.4 is 29.1 Å². The van der Waals surface area contributed by atoms with Crippen LogP contribution in [0.3, 0.4) is 0 Å². The van der Waals surface area contributed by atoms with E-state index in [-0.39, 0.29) is 18.1 Å². The molecule has 0 radical (unpaired) electrons. The van der Waals surface area contributed by atoms with Gasteiger partial charge in [-0.1, -0.05) is 53.8 Å². The third kappa shape index (κ3) is 6.32. The second-order valence-electron chi connectivity index (χ2n) is 10.5. The van der Waals surface area contributed by atoms with Gasteiger partial charge in [0.25, 0.3) is 11.5 Å². The highest BCUT2D eigenvalue weighted by Crippen LogP contribution is 2.36. The smallest absolute Gasteiger partial charge is 0.271 e. The van der Waals surface area contributed by atoms with Crippen molar-refractivity contribution < 1.29 is 19.0 Å². The number of fused-ring (bicyclic) bond motifs is 1. The van der Waals surface area contributed by atoms with Gasteiger partial charge < -0.3 is 19.1 Å². The predicted molar refractivity (Wildman–Crippen MR) is 178 cm³/mol. The van der Waals surface area contributed by atoms with Gasteiger partial charge in [0.05, 0.1) is 41.2 Å². The molecule has 0 fully saturated rings. The number of ether oxygens (including phenoxy) is 3. The van der Waals surface area contributed by atoms with Crippen LogP contribution in [0.5, 0.6) is 17.2 Å². The van der Waals surface area contributed by atoms with Crippen molar-refractivity contribution in [2.75, 3.05) is 26.8 Å². The number of thiazole rings is 1. The highest BCUT2D eigenvalue weighted by atomic mass is 32.1. The van der Waals surface area contributed by atoms with Gasteiger partial charge in [0.15, 0.2) is 16.3 Å². The molecule has 1 atom stereocenters. The number of amides is 1. The van der Waals surface area contributed by atoms with E-state index in [9.17, 15) is 14.9 Å². The summed E-state index contributed by atoms with van der Waals surface area (Å²) in [4.78, 5) is 35.1. The van der Waals surface area contributed by atoms with E-state index in [0.717, 1.165) is 11.1 Å². The van der Waals surface area contributed by atoms with Crippen molar-refractivity contribution in [3.8, 4) is 23.3 Å². The van der Waals surface area contributed by atoms with Crippen molar-refractivity contribution in [1.29, 1.82) is 5.26 Å². The van der Waals surface area contributed by atoms with Gasteiger partial charge in [-0.15, -0.1) is 0 Å². The average Bonchev–Trinajstić information content (AvgIpc) is 3.37. The molecule has 1 aliphatic heterocycles. The summed E-state index contributed by atoms with van der Waals surface area (Å²) in [6, 6.07) is 21.7. The number of hydrogen-bond acceptors (Lipinski definition) is 8. The molecule has 2 heterocycles. The minimum atomic E-state index is -0.714. The Morgan fingerprint density at radius 1 is 1.02 bits per heavy atom. The summed E-state index contributed by atoms with van der Waals surface area (Å²) >= 11 is 1.27. The number of carbonyl (C=O) groups is 1. The molecule has 0 bridgehead atoms. The van der Waals surface area contributed by atoms with Gasteiger partial charge in [0.2, 0.25) is 0 Å². The van der Waals surface area contributed by atoms with Crippen LogP contribution in [-0.2, 0) is 11.4 Å². The van der Waals surface area contributed by atoms with Crippen molar-refractivity contribution in [3.63, 3.8) is 0 Å². The van der Waals surface area contributed by atoms with Crippen LogP contribution in [-0.4, -0.2) is 42.2 Å². The summed E-state index contributed by atoms with van der Waals surface area (Å²) in [5, 5.41) is 9.43. The number of aromatic nitrogens is 1. The number of carbonyl (C=O) groups excluding carboxylic acids is 1. The number of allylic oxidation sites excluding steroid dienone is 1. The Bertz CT molecular complexity index is 2020. The van der Waals surface area contributed by atoms with Crippen molar-refractivity contribution in [3.05, 3.63) is 120 Å². The number of benzene rings is 3.